The topological polar surface area (TPSA) is 95.1 Å². The Morgan fingerprint density at radius 1 is 1.10 bits per heavy atom. The molecule has 0 radical (unpaired) electrons. The summed E-state index contributed by atoms with van der Waals surface area (Å²) in [6.45, 7) is 6.26. The van der Waals surface area contributed by atoms with Crippen molar-refractivity contribution in [3.8, 4) is 22.6 Å². The fraction of sp³-hybridized carbons (Fsp3) is 0.267. The van der Waals surface area contributed by atoms with Crippen LogP contribution in [0.5, 0.6) is 5.75 Å². The van der Waals surface area contributed by atoms with Crippen LogP contribution in [0.4, 0.5) is 0 Å². The molecule has 1 saturated carbocycles. The Balaban J connectivity index is 1.30. The molecule has 6 rings (SSSR count). The number of rotatable bonds is 8. The molecule has 1 aliphatic carbocycles. The molecule has 1 N–H and O–H groups in total. The van der Waals surface area contributed by atoms with Crippen molar-refractivity contribution in [1.29, 1.82) is 0 Å². The number of para-hydroxylation sites is 1. The molecule has 10 heteroatoms. The van der Waals surface area contributed by atoms with Crippen LogP contribution in [0, 0.1) is 6.92 Å². The highest BCUT2D eigenvalue weighted by Gasteiger charge is 2.32. The number of aromatic carboxylic acids is 1. The van der Waals surface area contributed by atoms with Crippen molar-refractivity contribution in [3.05, 3.63) is 87.3 Å². The van der Waals surface area contributed by atoms with Gasteiger partial charge in [0.1, 0.15) is 23.7 Å². The van der Waals surface area contributed by atoms with Crippen molar-refractivity contribution in [1.82, 2.24) is 24.8 Å². The van der Waals surface area contributed by atoms with Gasteiger partial charge in [0.05, 0.1) is 21.3 Å². The van der Waals surface area contributed by atoms with E-state index >= 15 is 0 Å². The molecule has 0 bridgehead atoms. The lowest BCUT2D eigenvalue weighted by Gasteiger charge is -2.14. The zero-order chi connectivity index (χ0) is 28.1. The summed E-state index contributed by atoms with van der Waals surface area (Å²) in [6.07, 6.45) is 2.15. The van der Waals surface area contributed by atoms with Crippen molar-refractivity contribution >= 4 is 40.1 Å². The second kappa shape index (κ2) is 10.3. The van der Waals surface area contributed by atoms with E-state index in [0.29, 0.717) is 32.8 Å². The number of benzene rings is 3. The lowest BCUT2D eigenvalue weighted by atomic mass is 9.99. The summed E-state index contributed by atoms with van der Waals surface area (Å²) in [4.78, 5) is 11.7. The van der Waals surface area contributed by atoms with Gasteiger partial charge in [-0.05, 0) is 86.7 Å². The molecule has 204 valence electrons. The van der Waals surface area contributed by atoms with Crippen LogP contribution in [0.2, 0.25) is 10.0 Å². The molecule has 0 unspecified atom stereocenters. The largest absolute Gasteiger partial charge is 0.487 e. The zero-order valence-electron chi connectivity index (χ0n) is 22.2. The second-order valence-corrected chi connectivity index (χ2v) is 11.2. The molecule has 3 aromatic carbocycles. The molecule has 0 amide bonds. The summed E-state index contributed by atoms with van der Waals surface area (Å²) in [6, 6.07) is 17.1. The average Bonchev–Trinajstić information content (AvgIpc) is 3.55. The summed E-state index contributed by atoms with van der Waals surface area (Å²) in [5.74, 6) is 0.0454. The van der Waals surface area contributed by atoms with Crippen molar-refractivity contribution in [2.24, 2.45) is 0 Å². The highest BCUT2D eigenvalue weighted by molar-refractivity contribution is 6.37. The van der Waals surface area contributed by atoms with Gasteiger partial charge in [-0.25, -0.2) is 9.48 Å². The normalized spacial score (nSPS) is 13.3. The maximum atomic E-state index is 11.7. The number of aromatic nitrogens is 5. The summed E-state index contributed by atoms with van der Waals surface area (Å²) < 4.78 is 9.72. The Labute approximate surface area is 241 Å². The van der Waals surface area contributed by atoms with Crippen LogP contribution < -0.4 is 4.74 Å². The minimum atomic E-state index is -1.03. The Morgan fingerprint density at radius 3 is 2.50 bits per heavy atom. The number of nitrogens with zero attached hydrogens (tertiary/aromatic N) is 5. The van der Waals surface area contributed by atoms with Gasteiger partial charge in [0.15, 0.2) is 5.69 Å². The minimum absolute atomic E-state index is 0.0202. The maximum Gasteiger partial charge on any atom is 0.357 e. The minimum Gasteiger partial charge on any atom is -0.487 e. The smallest absolute Gasteiger partial charge is 0.357 e. The quantitative estimate of drug-likeness (QED) is 0.204. The summed E-state index contributed by atoms with van der Waals surface area (Å²) in [5, 5.41) is 24.4. The molecule has 40 heavy (non-hydrogen) atoms. The van der Waals surface area contributed by atoms with Crippen LogP contribution in [0.1, 0.15) is 66.1 Å². The van der Waals surface area contributed by atoms with E-state index in [1.54, 1.807) is 27.6 Å². The van der Waals surface area contributed by atoms with Crippen LogP contribution in [0.25, 0.3) is 27.7 Å². The van der Waals surface area contributed by atoms with Gasteiger partial charge in [-0.3, -0.25) is 4.68 Å². The molecule has 2 heterocycles. The zero-order valence-corrected chi connectivity index (χ0v) is 23.7. The molecule has 2 aromatic heterocycles. The van der Waals surface area contributed by atoms with Gasteiger partial charge >= 0.3 is 5.97 Å². The molecule has 0 spiro atoms. The lowest BCUT2D eigenvalue weighted by molar-refractivity contribution is 0.0691. The number of carbonyl (C=O) groups is 1. The van der Waals surface area contributed by atoms with E-state index in [2.05, 4.69) is 15.4 Å². The SMILES string of the molecule is Cc1cc(OCc2c(C3CC3)nnn2-c2c(Cl)cccc2Cl)ccc1-c1ccc2c(C(=O)O)nn(C(C)C)c2c1. The number of ether oxygens (including phenoxy) is 1. The van der Waals surface area contributed by atoms with Crippen molar-refractivity contribution in [2.45, 2.75) is 52.2 Å². The highest BCUT2D eigenvalue weighted by Crippen LogP contribution is 2.42. The third-order valence-corrected chi connectivity index (χ3v) is 7.80. The summed E-state index contributed by atoms with van der Waals surface area (Å²) in [5.41, 5.74) is 6.22. The van der Waals surface area contributed by atoms with Crippen molar-refractivity contribution < 1.29 is 14.6 Å². The molecular weight excluding hydrogens is 549 g/mol. The third kappa shape index (κ3) is 4.71. The van der Waals surface area contributed by atoms with Gasteiger partial charge in [-0.15, -0.1) is 5.10 Å². The number of halogens is 2. The third-order valence-electron chi connectivity index (χ3n) is 7.19. The van der Waals surface area contributed by atoms with Gasteiger partial charge < -0.3 is 9.84 Å². The van der Waals surface area contributed by atoms with Crippen LogP contribution in [-0.4, -0.2) is 35.9 Å². The Bertz CT molecular complexity index is 1750. The first kappa shape index (κ1) is 26.3. The van der Waals surface area contributed by atoms with Crippen molar-refractivity contribution in [3.63, 3.8) is 0 Å². The number of fused-ring (bicyclic) bond motifs is 1. The average molecular weight is 576 g/mol. The van der Waals surface area contributed by atoms with Crippen LogP contribution in [0.15, 0.2) is 54.6 Å². The number of hydrogen-bond acceptors (Lipinski definition) is 5. The summed E-state index contributed by atoms with van der Waals surface area (Å²) in [7, 11) is 0. The number of carboxylic acids is 1. The molecular formula is C30H27Cl2N5O3. The number of aryl methyl sites for hydroxylation is 1. The van der Waals surface area contributed by atoms with Crippen molar-refractivity contribution in [2.75, 3.05) is 0 Å². The van der Waals surface area contributed by atoms with Crippen LogP contribution in [0.3, 0.4) is 0 Å². The molecule has 5 aromatic rings. The van der Waals surface area contributed by atoms with Gasteiger partial charge in [-0.2, -0.15) is 5.10 Å². The van der Waals surface area contributed by atoms with E-state index in [1.807, 2.05) is 57.2 Å². The van der Waals surface area contributed by atoms with Crippen LogP contribution >= 0.6 is 23.2 Å². The number of hydrogen-bond donors (Lipinski definition) is 1. The predicted molar refractivity (Wildman–Crippen MR) is 155 cm³/mol. The molecule has 8 nitrogen and oxygen atoms in total. The molecule has 0 aliphatic heterocycles. The summed E-state index contributed by atoms with van der Waals surface area (Å²) >= 11 is 13.0. The van der Waals surface area contributed by atoms with Gasteiger partial charge in [0.2, 0.25) is 0 Å². The molecule has 1 fully saturated rings. The Morgan fingerprint density at radius 2 is 1.85 bits per heavy atom. The fourth-order valence-electron chi connectivity index (χ4n) is 5.05. The Hall–Kier alpha value is -3.88. The first-order chi connectivity index (χ1) is 19.2. The van der Waals surface area contributed by atoms with Gasteiger partial charge in [0, 0.05) is 17.3 Å². The molecule has 0 saturated heterocycles. The predicted octanol–water partition coefficient (Wildman–Crippen LogP) is 7.63. The van der Waals surface area contributed by atoms with Gasteiger partial charge in [-0.1, -0.05) is 46.6 Å². The van der Waals surface area contributed by atoms with E-state index in [9.17, 15) is 9.90 Å². The monoisotopic (exact) mass is 575 g/mol. The van der Waals surface area contributed by atoms with E-state index in [-0.39, 0.29) is 18.3 Å². The molecule has 1 aliphatic rings. The second-order valence-electron chi connectivity index (χ2n) is 10.4. The van der Waals surface area contributed by atoms with E-state index in [4.69, 9.17) is 27.9 Å². The van der Waals surface area contributed by atoms with Crippen LogP contribution in [-0.2, 0) is 6.61 Å². The van der Waals surface area contributed by atoms with E-state index < -0.39 is 5.97 Å². The molecule has 0 atom stereocenters. The fourth-order valence-corrected chi connectivity index (χ4v) is 5.61. The van der Waals surface area contributed by atoms with Gasteiger partial charge in [0.25, 0.3) is 0 Å². The first-order valence-electron chi connectivity index (χ1n) is 13.1. The maximum absolute atomic E-state index is 11.7. The van der Waals surface area contributed by atoms with E-state index in [0.717, 1.165) is 46.4 Å². The highest BCUT2D eigenvalue weighted by atomic mass is 35.5. The first-order valence-corrected chi connectivity index (χ1v) is 13.9. The lowest BCUT2D eigenvalue weighted by Crippen LogP contribution is -2.08. The standard InChI is InChI=1S/C30H27Cl2N5O3/c1-16(2)36-25-14-19(9-11-22(25)28(34-36)30(38)39)21-12-10-20(13-17(21)3)40-15-26-27(18-7-8-18)33-35-37(26)29-23(31)5-4-6-24(29)32/h4-6,9-14,16,18H,7-8,15H2,1-3H3,(H,38,39). The van der Waals surface area contributed by atoms with E-state index in [1.165, 1.54) is 0 Å². The Kier molecular flexibility index (Phi) is 6.76. The number of carboxylic acid groups (broad SMARTS) is 1.